The Kier molecular flexibility index (Phi) is 24.1. The van der Waals surface area contributed by atoms with Crippen LogP contribution in [-0.2, 0) is 9.53 Å². The second-order valence-corrected chi connectivity index (χ2v) is 8.99. The number of guanidine groups is 2. The monoisotopic (exact) mass is 554 g/mol. The number of nitrogens with one attached hydrogen (secondary N) is 3. The Labute approximate surface area is 241 Å². The molecule has 0 aliphatic carbocycles. The van der Waals surface area contributed by atoms with Gasteiger partial charge in [-0.25, -0.2) is 4.79 Å². The number of hydrogen-bond donors (Lipinski definition) is 4. The maximum Gasteiger partial charge on any atom is 0.413 e. The predicted octanol–water partition coefficient (Wildman–Crippen LogP) is 5.90. The molecule has 0 saturated carbocycles. The molecule has 40 heavy (non-hydrogen) atoms. The number of nitrogens with zero attached hydrogens (tertiary/aromatic N) is 2. The van der Waals surface area contributed by atoms with Gasteiger partial charge in [-0.05, 0) is 57.8 Å². The third-order valence-electron chi connectivity index (χ3n) is 5.14. The Morgan fingerprint density at radius 1 is 0.825 bits per heavy atom. The third-order valence-corrected chi connectivity index (χ3v) is 5.14. The van der Waals surface area contributed by atoms with Crippen LogP contribution in [0.2, 0.25) is 0 Å². The molecule has 0 heterocycles. The summed E-state index contributed by atoms with van der Waals surface area (Å²) >= 11 is 0. The van der Waals surface area contributed by atoms with Crippen LogP contribution < -0.4 is 16.4 Å². The fraction of sp³-hybridized carbons (Fsp3) is 0.484. The molecule has 0 unspecified atom stereocenters. The highest BCUT2D eigenvalue weighted by molar-refractivity contribution is 5.99. The van der Waals surface area contributed by atoms with Crippen molar-refractivity contribution in [3.63, 3.8) is 0 Å². The largest absolute Gasteiger partial charge is 0.449 e. The van der Waals surface area contributed by atoms with Crippen molar-refractivity contribution < 1.29 is 14.3 Å². The average molecular weight is 555 g/mol. The van der Waals surface area contributed by atoms with E-state index >= 15 is 0 Å². The Morgan fingerprint density at radius 2 is 1.32 bits per heavy atom. The molecular weight excluding hydrogens is 504 g/mol. The average Bonchev–Trinajstić information content (AvgIpc) is 2.91. The Hall–Kier alpha value is -3.88. The van der Waals surface area contributed by atoms with Gasteiger partial charge in [-0.3, -0.25) is 15.5 Å². The maximum absolute atomic E-state index is 11.9. The summed E-state index contributed by atoms with van der Waals surface area (Å²) in [5.74, 6) is -0.289. The molecule has 5 N–H and O–H groups in total. The van der Waals surface area contributed by atoms with Crippen molar-refractivity contribution in [3.05, 3.63) is 72.9 Å². The molecule has 0 radical (unpaired) electrons. The van der Waals surface area contributed by atoms with Gasteiger partial charge in [0.15, 0.2) is 0 Å². The van der Waals surface area contributed by atoms with Gasteiger partial charge in [0.25, 0.3) is 0 Å². The smallest absolute Gasteiger partial charge is 0.413 e. The zero-order valence-corrected chi connectivity index (χ0v) is 24.6. The summed E-state index contributed by atoms with van der Waals surface area (Å²) in [5, 5.41) is 12.6. The van der Waals surface area contributed by atoms with Crippen LogP contribution in [0.15, 0.2) is 77.9 Å². The summed E-state index contributed by atoms with van der Waals surface area (Å²) in [4.78, 5) is 28.7. The summed E-state index contributed by atoms with van der Waals surface area (Å²) in [7, 11) is 3.28. The van der Waals surface area contributed by atoms with E-state index in [0.29, 0.717) is 32.2 Å². The normalized spacial score (nSPS) is 12.5. The van der Waals surface area contributed by atoms with Gasteiger partial charge in [-0.1, -0.05) is 79.8 Å². The standard InChI is InChI=1S/C31H50N6O3/c1-4-5-6-7-8-9-10-11-12-13-14-15-16-17-18-19-20-21-22-25-28(38)34-26-23-24-27-40-31(39)36-29(32)35-30(33)37(2)3/h5-6,8-9,11-12,14-15,17-18,20-21H,4,7,10,13,16,19,22-27H2,1-3H3,(H,34,38)(H4,32,33,35,36,39)/b6-5-,9-8-,12-11-,15-14-,18-17-,21-20-. The third kappa shape index (κ3) is 25.8. The van der Waals surface area contributed by atoms with Crippen molar-refractivity contribution in [2.24, 2.45) is 10.7 Å². The van der Waals surface area contributed by atoms with Crippen molar-refractivity contribution in [2.45, 2.75) is 71.1 Å². The summed E-state index contributed by atoms with van der Waals surface area (Å²) in [6.07, 6.45) is 33.5. The van der Waals surface area contributed by atoms with Crippen LogP contribution >= 0.6 is 0 Å². The van der Waals surface area contributed by atoms with E-state index in [1.165, 1.54) is 4.90 Å². The highest BCUT2D eigenvalue weighted by Crippen LogP contribution is 1.98. The van der Waals surface area contributed by atoms with Crippen LogP contribution in [0.25, 0.3) is 0 Å². The van der Waals surface area contributed by atoms with E-state index in [2.05, 4.69) is 89.4 Å². The molecule has 9 nitrogen and oxygen atoms in total. The second-order valence-electron chi connectivity index (χ2n) is 8.99. The van der Waals surface area contributed by atoms with E-state index in [-0.39, 0.29) is 24.4 Å². The lowest BCUT2D eigenvalue weighted by molar-refractivity contribution is -0.121. The zero-order chi connectivity index (χ0) is 29.7. The first kappa shape index (κ1) is 36.1. The molecule has 0 spiro atoms. The summed E-state index contributed by atoms with van der Waals surface area (Å²) in [6.45, 7) is 2.86. The van der Waals surface area contributed by atoms with E-state index < -0.39 is 6.09 Å². The summed E-state index contributed by atoms with van der Waals surface area (Å²) in [6, 6.07) is 0. The van der Waals surface area contributed by atoms with E-state index in [1.807, 2.05) is 6.08 Å². The topological polar surface area (TPSA) is 133 Å². The first-order valence-corrected chi connectivity index (χ1v) is 14.1. The second kappa shape index (κ2) is 26.7. The van der Waals surface area contributed by atoms with Crippen molar-refractivity contribution in [3.8, 4) is 0 Å². The maximum atomic E-state index is 11.9. The molecule has 0 atom stereocenters. The minimum atomic E-state index is -0.729. The Morgan fingerprint density at radius 3 is 1.82 bits per heavy atom. The number of allylic oxidation sites excluding steroid dienone is 12. The number of nitrogens with two attached hydrogens (primary N) is 1. The molecule has 2 amide bonds. The molecule has 9 heteroatoms. The first-order valence-electron chi connectivity index (χ1n) is 14.1. The SMILES string of the molecule is CC/C=C\C/C=C\C/C=C\C/C=C\C/C=C\C/C=C\CCC(=O)NCCCCOC(=O)NC(N)=NC(=N)N(C)C. The summed E-state index contributed by atoms with van der Waals surface area (Å²) in [5.41, 5.74) is 5.53. The molecule has 0 bridgehead atoms. The van der Waals surface area contributed by atoms with Gasteiger partial charge >= 0.3 is 6.09 Å². The Balaban J connectivity index is 3.69. The summed E-state index contributed by atoms with van der Waals surface area (Å²) < 4.78 is 5.00. The van der Waals surface area contributed by atoms with E-state index in [1.54, 1.807) is 14.1 Å². The molecule has 0 aromatic rings. The van der Waals surface area contributed by atoms with Crippen molar-refractivity contribution in [2.75, 3.05) is 27.2 Å². The molecule has 0 aromatic carbocycles. The number of amides is 2. The predicted molar refractivity (Wildman–Crippen MR) is 167 cm³/mol. The molecule has 222 valence electrons. The van der Waals surface area contributed by atoms with Crippen LogP contribution in [0.5, 0.6) is 0 Å². The minimum absolute atomic E-state index is 0.00511. The van der Waals surface area contributed by atoms with Gasteiger partial charge in [0.2, 0.25) is 17.8 Å². The molecule has 0 aromatic heterocycles. The van der Waals surface area contributed by atoms with Gasteiger partial charge in [0.05, 0.1) is 6.61 Å². The number of carbonyl (C=O) groups excluding carboxylic acids is 2. The van der Waals surface area contributed by atoms with Crippen molar-refractivity contribution in [1.82, 2.24) is 15.5 Å². The van der Waals surface area contributed by atoms with Crippen LogP contribution in [-0.4, -0.2) is 56.1 Å². The van der Waals surface area contributed by atoms with Gasteiger partial charge in [-0.2, -0.15) is 4.99 Å². The quantitative estimate of drug-likeness (QED) is 0.0683. The van der Waals surface area contributed by atoms with Crippen molar-refractivity contribution in [1.29, 1.82) is 5.41 Å². The molecule has 0 rings (SSSR count). The lowest BCUT2D eigenvalue weighted by Gasteiger charge is -2.10. The number of rotatable bonds is 19. The molecule has 0 aliphatic heterocycles. The fourth-order valence-electron chi connectivity index (χ4n) is 2.94. The van der Waals surface area contributed by atoms with Gasteiger partial charge < -0.3 is 20.7 Å². The number of aliphatic imine (C=N–C) groups is 1. The van der Waals surface area contributed by atoms with Crippen LogP contribution in [0.3, 0.4) is 0 Å². The number of hydrogen-bond acceptors (Lipinski definition) is 4. The molecule has 0 fully saturated rings. The number of ether oxygens (including phenoxy) is 1. The van der Waals surface area contributed by atoms with Crippen LogP contribution in [0, 0.1) is 5.41 Å². The lowest BCUT2D eigenvalue weighted by Crippen LogP contribution is -2.39. The van der Waals surface area contributed by atoms with E-state index in [9.17, 15) is 9.59 Å². The Bertz CT molecular complexity index is 914. The van der Waals surface area contributed by atoms with Gasteiger partial charge in [0, 0.05) is 27.1 Å². The van der Waals surface area contributed by atoms with Crippen LogP contribution in [0.1, 0.15) is 71.1 Å². The molecule has 0 aliphatic rings. The first-order chi connectivity index (χ1) is 19.4. The zero-order valence-electron chi connectivity index (χ0n) is 24.6. The minimum Gasteiger partial charge on any atom is -0.449 e. The van der Waals surface area contributed by atoms with Crippen molar-refractivity contribution >= 4 is 23.9 Å². The molecule has 0 saturated heterocycles. The lowest BCUT2D eigenvalue weighted by atomic mass is 10.2. The number of carbonyl (C=O) groups is 2. The van der Waals surface area contributed by atoms with E-state index in [4.69, 9.17) is 15.9 Å². The number of unbranched alkanes of at least 4 members (excludes halogenated alkanes) is 1. The fourth-order valence-corrected chi connectivity index (χ4v) is 2.94. The highest BCUT2D eigenvalue weighted by Gasteiger charge is 2.06. The van der Waals surface area contributed by atoms with Gasteiger partial charge in [0.1, 0.15) is 0 Å². The number of alkyl carbamates (subject to hydrolysis) is 1. The van der Waals surface area contributed by atoms with Crippen LogP contribution in [0.4, 0.5) is 4.79 Å². The molecular formula is C31H50N6O3. The highest BCUT2D eigenvalue weighted by atomic mass is 16.5. The van der Waals surface area contributed by atoms with Gasteiger partial charge in [-0.15, -0.1) is 0 Å². The van der Waals surface area contributed by atoms with E-state index in [0.717, 1.165) is 38.5 Å².